The second-order valence-corrected chi connectivity index (χ2v) is 6.42. The fourth-order valence-corrected chi connectivity index (χ4v) is 3.08. The van der Waals surface area contributed by atoms with Crippen molar-refractivity contribution in [2.75, 3.05) is 6.79 Å². The first-order chi connectivity index (χ1) is 12.9. The number of unbranched alkanes of at least 4 members (excludes halogenated alkanes) is 2. The van der Waals surface area contributed by atoms with Gasteiger partial charge in [0.1, 0.15) is 17.1 Å². The van der Waals surface area contributed by atoms with E-state index in [1.807, 2.05) is 0 Å². The third-order valence-electron chi connectivity index (χ3n) is 4.45. The van der Waals surface area contributed by atoms with Crippen molar-refractivity contribution in [2.45, 2.75) is 38.8 Å². The van der Waals surface area contributed by atoms with Crippen molar-refractivity contribution < 1.29 is 27.4 Å². The van der Waals surface area contributed by atoms with E-state index in [1.54, 1.807) is 30.3 Å². The lowest BCUT2D eigenvalue weighted by atomic mass is 9.98. The molecule has 0 amide bonds. The van der Waals surface area contributed by atoms with Crippen molar-refractivity contribution in [3.8, 4) is 17.1 Å². The Labute approximate surface area is 155 Å². The maximum absolute atomic E-state index is 13.6. The van der Waals surface area contributed by atoms with Gasteiger partial charge in [0.25, 0.3) is 0 Å². The molecule has 3 rings (SSSR count). The fourth-order valence-electron chi connectivity index (χ4n) is 3.08. The third-order valence-corrected chi connectivity index (χ3v) is 4.45. The molecular formula is C21H21F3O3. The first-order valence-electron chi connectivity index (χ1n) is 8.90. The van der Waals surface area contributed by atoms with Gasteiger partial charge >= 0.3 is 6.18 Å². The van der Waals surface area contributed by atoms with Gasteiger partial charge in [-0.3, -0.25) is 0 Å². The lowest BCUT2D eigenvalue weighted by molar-refractivity contribution is -0.137. The number of furan rings is 1. The van der Waals surface area contributed by atoms with Crippen molar-refractivity contribution in [2.24, 2.45) is 0 Å². The molecule has 0 aliphatic rings. The smallest absolute Gasteiger partial charge is 0.417 e. The van der Waals surface area contributed by atoms with Crippen LogP contribution in [0.2, 0.25) is 0 Å². The van der Waals surface area contributed by atoms with Crippen LogP contribution >= 0.6 is 0 Å². The maximum Gasteiger partial charge on any atom is 0.417 e. The fraction of sp³-hybridized carbons (Fsp3) is 0.333. The summed E-state index contributed by atoms with van der Waals surface area (Å²) in [4.78, 5) is 0. The number of benzene rings is 2. The number of rotatable bonds is 7. The van der Waals surface area contributed by atoms with Crippen LogP contribution in [0.1, 0.15) is 37.3 Å². The number of alkyl halides is 3. The summed E-state index contributed by atoms with van der Waals surface area (Å²) in [6.45, 7) is 1.57. The van der Waals surface area contributed by atoms with Crippen LogP contribution in [0.5, 0.6) is 5.75 Å². The average molecular weight is 378 g/mol. The van der Waals surface area contributed by atoms with E-state index >= 15 is 0 Å². The molecule has 1 aromatic heterocycles. The van der Waals surface area contributed by atoms with Gasteiger partial charge in [-0.15, -0.1) is 0 Å². The molecule has 0 aliphatic heterocycles. The van der Waals surface area contributed by atoms with Crippen molar-refractivity contribution in [3.63, 3.8) is 0 Å². The zero-order valence-electron chi connectivity index (χ0n) is 15.0. The summed E-state index contributed by atoms with van der Waals surface area (Å²) in [6.07, 6.45) is -0.971. The second-order valence-electron chi connectivity index (χ2n) is 6.42. The number of hydrogen-bond acceptors (Lipinski definition) is 3. The van der Waals surface area contributed by atoms with Gasteiger partial charge in [-0.05, 0) is 42.7 Å². The SMILES string of the molecule is CCCCCc1ccc(-c2cc3ccc(OCO)cc3o2)c(C(F)(F)F)c1. The van der Waals surface area contributed by atoms with Gasteiger partial charge in [0.2, 0.25) is 0 Å². The highest BCUT2D eigenvalue weighted by Crippen LogP contribution is 2.40. The minimum atomic E-state index is -4.47. The molecule has 1 heterocycles. The van der Waals surface area contributed by atoms with Crippen LogP contribution < -0.4 is 4.74 Å². The Balaban J connectivity index is 2.00. The molecule has 3 aromatic rings. The van der Waals surface area contributed by atoms with Crippen molar-refractivity contribution in [1.29, 1.82) is 0 Å². The van der Waals surface area contributed by atoms with Gasteiger partial charge in [-0.25, -0.2) is 0 Å². The molecule has 0 bridgehead atoms. The van der Waals surface area contributed by atoms with Gasteiger partial charge in [0.05, 0.1) is 5.56 Å². The van der Waals surface area contributed by atoms with Crippen LogP contribution in [0.4, 0.5) is 13.2 Å². The Bertz CT molecular complexity index is 913. The molecule has 0 saturated heterocycles. The largest absolute Gasteiger partial charge is 0.468 e. The molecule has 0 atom stereocenters. The molecule has 0 saturated carbocycles. The summed E-state index contributed by atoms with van der Waals surface area (Å²) < 4.78 is 51.5. The number of aliphatic hydroxyl groups excluding tert-OH is 1. The first-order valence-corrected chi connectivity index (χ1v) is 8.90. The van der Waals surface area contributed by atoms with Crippen molar-refractivity contribution in [1.82, 2.24) is 0 Å². The van der Waals surface area contributed by atoms with E-state index in [2.05, 4.69) is 6.92 Å². The molecule has 27 heavy (non-hydrogen) atoms. The Kier molecular flexibility index (Phi) is 5.75. The summed E-state index contributed by atoms with van der Waals surface area (Å²) in [6, 6.07) is 10.9. The van der Waals surface area contributed by atoms with Crippen molar-refractivity contribution >= 4 is 11.0 Å². The van der Waals surface area contributed by atoms with Gasteiger partial charge in [0, 0.05) is 17.0 Å². The van der Waals surface area contributed by atoms with Crippen LogP contribution in [0, 0.1) is 0 Å². The number of hydrogen-bond donors (Lipinski definition) is 1. The van der Waals surface area contributed by atoms with Gasteiger partial charge in [-0.2, -0.15) is 13.2 Å². The van der Waals surface area contributed by atoms with E-state index in [0.29, 0.717) is 28.7 Å². The Morgan fingerprint density at radius 1 is 1.04 bits per heavy atom. The van der Waals surface area contributed by atoms with E-state index in [-0.39, 0.29) is 11.3 Å². The molecule has 6 heteroatoms. The van der Waals surface area contributed by atoms with Crippen LogP contribution in [-0.4, -0.2) is 11.9 Å². The summed E-state index contributed by atoms with van der Waals surface area (Å²) in [5.74, 6) is 0.534. The molecule has 2 aromatic carbocycles. The Morgan fingerprint density at radius 2 is 1.85 bits per heavy atom. The minimum Gasteiger partial charge on any atom is -0.468 e. The van der Waals surface area contributed by atoms with E-state index < -0.39 is 18.5 Å². The lowest BCUT2D eigenvalue weighted by Gasteiger charge is -2.13. The van der Waals surface area contributed by atoms with Gasteiger partial charge in [0.15, 0.2) is 6.79 Å². The van der Waals surface area contributed by atoms with Crippen LogP contribution in [0.25, 0.3) is 22.3 Å². The number of fused-ring (bicyclic) bond motifs is 1. The highest BCUT2D eigenvalue weighted by atomic mass is 19.4. The van der Waals surface area contributed by atoms with E-state index in [1.165, 1.54) is 12.1 Å². The summed E-state index contributed by atoms with van der Waals surface area (Å²) in [5.41, 5.74) is 0.398. The molecule has 0 fully saturated rings. The summed E-state index contributed by atoms with van der Waals surface area (Å²) >= 11 is 0. The number of aliphatic hydroxyl groups is 1. The monoisotopic (exact) mass is 378 g/mol. The lowest BCUT2D eigenvalue weighted by Crippen LogP contribution is -2.08. The summed E-state index contributed by atoms with van der Waals surface area (Å²) in [7, 11) is 0. The normalized spacial score (nSPS) is 11.9. The number of ether oxygens (including phenoxy) is 1. The zero-order valence-corrected chi connectivity index (χ0v) is 15.0. The molecule has 144 valence electrons. The quantitative estimate of drug-likeness (QED) is 0.394. The predicted octanol–water partition coefficient (Wildman–Crippen LogP) is 6.18. The molecule has 0 spiro atoms. The molecule has 0 radical (unpaired) electrons. The number of aryl methyl sites for hydroxylation is 1. The minimum absolute atomic E-state index is 0.0163. The van der Waals surface area contributed by atoms with Gasteiger partial charge in [-0.1, -0.05) is 31.9 Å². The molecule has 3 nitrogen and oxygen atoms in total. The maximum atomic E-state index is 13.6. The highest BCUT2D eigenvalue weighted by Gasteiger charge is 2.34. The predicted molar refractivity (Wildman–Crippen MR) is 97.6 cm³/mol. The highest BCUT2D eigenvalue weighted by molar-refractivity contribution is 5.84. The standard InChI is InChI=1S/C21H21F3O3/c1-2-3-4-5-14-6-9-17(18(10-14)21(22,23)24)20-11-15-7-8-16(26-13-25)12-19(15)27-20/h6-12,25H,2-5,13H2,1H3. The van der Waals surface area contributed by atoms with Crippen LogP contribution in [0.3, 0.4) is 0 Å². The molecular weight excluding hydrogens is 357 g/mol. The first kappa shape index (κ1) is 19.3. The van der Waals surface area contributed by atoms with Crippen molar-refractivity contribution in [3.05, 3.63) is 53.6 Å². The molecule has 0 aliphatic carbocycles. The Hall–Kier alpha value is -2.47. The molecule has 1 N–H and O–H groups in total. The zero-order chi connectivity index (χ0) is 19.4. The van der Waals surface area contributed by atoms with E-state index in [0.717, 1.165) is 19.3 Å². The summed E-state index contributed by atoms with van der Waals surface area (Å²) in [5, 5.41) is 9.49. The van der Waals surface area contributed by atoms with Crippen LogP contribution in [-0.2, 0) is 12.6 Å². The van der Waals surface area contributed by atoms with E-state index in [9.17, 15) is 13.2 Å². The topological polar surface area (TPSA) is 42.6 Å². The average Bonchev–Trinajstić information content (AvgIpc) is 3.04. The second kappa shape index (κ2) is 8.05. The number of halogens is 3. The Morgan fingerprint density at radius 3 is 2.56 bits per heavy atom. The van der Waals surface area contributed by atoms with Crippen LogP contribution in [0.15, 0.2) is 46.9 Å². The molecule has 0 unspecified atom stereocenters. The van der Waals surface area contributed by atoms with E-state index in [4.69, 9.17) is 14.3 Å². The van der Waals surface area contributed by atoms with Gasteiger partial charge < -0.3 is 14.3 Å². The third kappa shape index (κ3) is 4.45.